The summed E-state index contributed by atoms with van der Waals surface area (Å²) in [5.74, 6) is -1.17. The smallest absolute Gasteiger partial charge is 0.287 e. The van der Waals surface area contributed by atoms with Crippen molar-refractivity contribution in [1.29, 1.82) is 0 Å². The van der Waals surface area contributed by atoms with Crippen molar-refractivity contribution in [2.45, 2.75) is 30.6 Å². The second-order valence-corrected chi connectivity index (χ2v) is 9.19. The zero-order chi connectivity index (χ0) is 20.4. The van der Waals surface area contributed by atoms with Crippen LogP contribution >= 0.6 is 11.6 Å². The number of ether oxygens (including phenoxy) is 1. The van der Waals surface area contributed by atoms with Crippen LogP contribution in [0.1, 0.15) is 25.3 Å². The molecular weight excluding hydrogens is 400 g/mol. The van der Waals surface area contributed by atoms with Crippen molar-refractivity contribution < 1.29 is 18.3 Å². The maximum absolute atomic E-state index is 11.7. The number of halogens is 1. The first-order chi connectivity index (χ1) is 13.2. The van der Waals surface area contributed by atoms with Gasteiger partial charge in [-0.05, 0) is 55.0 Å². The number of rotatable bonds is 7. The third-order valence-corrected chi connectivity index (χ3v) is 5.79. The van der Waals surface area contributed by atoms with E-state index in [9.17, 15) is 13.5 Å². The summed E-state index contributed by atoms with van der Waals surface area (Å²) in [6, 6.07) is 13.6. The van der Waals surface area contributed by atoms with Gasteiger partial charge in [-0.25, -0.2) is 13.4 Å². The van der Waals surface area contributed by atoms with E-state index in [0.29, 0.717) is 23.0 Å². The first kappa shape index (κ1) is 20.8. The molecule has 8 heteroatoms. The summed E-state index contributed by atoms with van der Waals surface area (Å²) < 4.78 is 29.1. The van der Waals surface area contributed by atoms with Gasteiger partial charge in [0.15, 0.2) is 9.84 Å². The molecule has 1 N–H and O–H groups in total. The van der Waals surface area contributed by atoms with E-state index in [1.807, 2.05) is 24.0 Å². The second-order valence-electron chi connectivity index (χ2n) is 6.74. The molecule has 2 aromatic rings. The standard InChI is InChI=1S/C20H23ClN2O4S/c1-3-4-13-27-20(24)14-23(17-9-7-16(21)8-10-17)19(22-20)15-5-11-18(12-6-15)28(2,25)26/h5-12,24H,3-4,13-14H2,1-2H3. The van der Waals surface area contributed by atoms with E-state index in [0.717, 1.165) is 24.8 Å². The van der Waals surface area contributed by atoms with E-state index in [2.05, 4.69) is 4.99 Å². The molecule has 0 aromatic heterocycles. The lowest BCUT2D eigenvalue weighted by Gasteiger charge is -2.24. The molecule has 1 unspecified atom stereocenters. The molecule has 0 saturated carbocycles. The Morgan fingerprint density at radius 3 is 2.39 bits per heavy atom. The SMILES string of the molecule is CCCCOC1(O)CN(c2ccc(Cl)cc2)C(c2ccc(S(C)(=O)=O)cc2)=N1. The van der Waals surface area contributed by atoms with Crippen LogP contribution in [0, 0.1) is 0 Å². The summed E-state index contributed by atoms with van der Waals surface area (Å²) in [4.78, 5) is 6.48. The van der Waals surface area contributed by atoms with Crippen LogP contribution in [0.3, 0.4) is 0 Å². The molecule has 1 aliphatic heterocycles. The highest BCUT2D eigenvalue weighted by Crippen LogP contribution is 2.30. The van der Waals surface area contributed by atoms with Gasteiger partial charge in [0.1, 0.15) is 12.4 Å². The molecule has 0 radical (unpaired) electrons. The van der Waals surface area contributed by atoms with Gasteiger partial charge in [-0.2, -0.15) is 0 Å². The van der Waals surface area contributed by atoms with E-state index in [1.165, 1.54) is 12.1 Å². The summed E-state index contributed by atoms with van der Waals surface area (Å²) in [6.45, 7) is 2.56. The van der Waals surface area contributed by atoms with Crippen molar-refractivity contribution in [3.63, 3.8) is 0 Å². The highest BCUT2D eigenvalue weighted by Gasteiger charge is 2.39. The number of unbranched alkanes of at least 4 members (excludes halogenated alkanes) is 1. The van der Waals surface area contributed by atoms with Crippen LogP contribution in [0.15, 0.2) is 58.4 Å². The van der Waals surface area contributed by atoms with Crippen LogP contribution in [0.5, 0.6) is 0 Å². The molecule has 0 amide bonds. The Kier molecular flexibility index (Phi) is 6.09. The average Bonchev–Trinajstić information content (AvgIpc) is 3.00. The Hall–Kier alpha value is -1.93. The molecule has 0 saturated heterocycles. The zero-order valence-electron chi connectivity index (χ0n) is 15.8. The topological polar surface area (TPSA) is 79.2 Å². The Labute approximate surface area is 170 Å². The molecule has 2 aromatic carbocycles. The van der Waals surface area contributed by atoms with Crippen LogP contribution in [0.2, 0.25) is 5.02 Å². The van der Waals surface area contributed by atoms with Crippen molar-refractivity contribution in [3.8, 4) is 0 Å². The molecule has 150 valence electrons. The Balaban J connectivity index is 1.97. The number of anilines is 1. The average molecular weight is 423 g/mol. The van der Waals surface area contributed by atoms with Crippen LogP contribution in [-0.4, -0.2) is 44.7 Å². The minimum Gasteiger partial charge on any atom is -0.346 e. The van der Waals surface area contributed by atoms with Gasteiger partial charge in [0.05, 0.1) is 11.5 Å². The lowest BCUT2D eigenvalue weighted by atomic mass is 10.2. The van der Waals surface area contributed by atoms with E-state index in [-0.39, 0.29) is 11.4 Å². The Bertz CT molecular complexity index is 959. The zero-order valence-corrected chi connectivity index (χ0v) is 17.4. The molecule has 1 aliphatic rings. The van der Waals surface area contributed by atoms with E-state index in [1.54, 1.807) is 24.3 Å². The number of aliphatic hydroxyl groups is 1. The van der Waals surface area contributed by atoms with Gasteiger partial charge in [0.25, 0.3) is 5.91 Å². The van der Waals surface area contributed by atoms with E-state index in [4.69, 9.17) is 16.3 Å². The Morgan fingerprint density at radius 1 is 1.18 bits per heavy atom. The predicted octanol–water partition coefficient (Wildman–Crippen LogP) is 3.47. The van der Waals surface area contributed by atoms with E-state index < -0.39 is 15.7 Å². The van der Waals surface area contributed by atoms with Crippen molar-refractivity contribution in [2.24, 2.45) is 4.99 Å². The molecule has 3 rings (SSSR count). The normalized spacial score (nSPS) is 19.7. The van der Waals surface area contributed by atoms with Crippen molar-refractivity contribution in [2.75, 3.05) is 24.3 Å². The van der Waals surface area contributed by atoms with Crippen LogP contribution in [0.25, 0.3) is 0 Å². The predicted molar refractivity (Wildman–Crippen MR) is 111 cm³/mol. The van der Waals surface area contributed by atoms with Crippen LogP contribution in [0.4, 0.5) is 5.69 Å². The molecule has 0 aliphatic carbocycles. The Morgan fingerprint density at radius 2 is 1.82 bits per heavy atom. The summed E-state index contributed by atoms with van der Waals surface area (Å²) in [6.07, 6.45) is 2.92. The van der Waals surface area contributed by atoms with Gasteiger partial charge in [-0.1, -0.05) is 24.9 Å². The number of sulfone groups is 1. The van der Waals surface area contributed by atoms with Crippen LogP contribution in [-0.2, 0) is 14.6 Å². The van der Waals surface area contributed by atoms with Gasteiger partial charge >= 0.3 is 0 Å². The maximum atomic E-state index is 11.7. The molecule has 28 heavy (non-hydrogen) atoms. The summed E-state index contributed by atoms with van der Waals surface area (Å²) in [5, 5.41) is 11.5. The van der Waals surface area contributed by atoms with Crippen LogP contribution < -0.4 is 4.90 Å². The summed E-state index contributed by atoms with van der Waals surface area (Å²) in [5.41, 5.74) is 1.47. The van der Waals surface area contributed by atoms with Crippen molar-refractivity contribution in [3.05, 3.63) is 59.1 Å². The number of β-amino-alcohol motifs (C(OH)–C–C–N with tert-alkyl or cyclic N) is 1. The lowest BCUT2D eigenvalue weighted by Crippen LogP contribution is -2.38. The number of hydrogen-bond donors (Lipinski definition) is 1. The molecular formula is C20H23ClN2O4S. The fraction of sp³-hybridized carbons (Fsp3) is 0.350. The number of benzene rings is 2. The molecule has 0 spiro atoms. The number of hydrogen-bond acceptors (Lipinski definition) is 6. The van der Waals surface area contributed by atoms with E-state index >= 15 is 0 Å². The van der Waals surface area contributed by atoms with Gasteiger partial charge < -0.3 is 14.7 Å². The van der Waals surface area contributed by atoms with Gasteiger partial charge in [0.2, 0.25) is 0 Å². The number of aliphatic imine (C=N–C) groups is 1. The largest absolute Gasteiger partial charge is 0.346 e. The first-order valence-corrected chi connectivity index (χ1v) is 11.3. The lowest BCUT2D eigenvalue weighted by molar-refractivity contribution is -0.184. The third-order valence-electron chi connectivity index (χ3n) is 4.41. The number of nitrogens with zero attached hydrogens (tertiary/aromatic N) is 2. The highest BCUT2D eigenvalue weighted by atomic mass is 35.5. The first-order valence-electron chi connectivity index (χ1n) is 9.02. The fourth-order valence-corrected chi connectivity index (χ4v) is 3.66. The summed E-state index contributed by atoms with van der Waals surface area (Å²) in [7, 11) is -3.29. The molecule has 6 nitrogen and oxygen atoms in total. The fourth-order valence-electron chi connectivity index (χ4n) is 2.91. The van der Waals surface area contributed by atoms with Gasteiger partial charge in [-0.15, -0.1) is 0 Å². The van der Waals surface area contributed by atoms with Gasteiger partial charge in [0, 0.05) is 22.5 Å². The molecule has 1 heterocycles. The highest BCUT2D eigenvalue weighted by molar-refractivity contribution is 7.90. The monoisotopic (exact) mass is 422 g/mol. The quantitative estimate of drug-likeness (QED) is 0.546. The minimum absolute atomic E-state index is 0.126. The summed E-state index contributed by atoms with van der Waals surface area (Å²) >= 11 is 5.99. The minimum atomic E-state index is -3.29. The third kappa shape index (κ3) is 4.72. The van der Waals surface area contributed by atoms with Gasteiger partial charge in [-0.3, -0.25) is 0 Å². The molecule has 0 bridgehead atoms. The molecule has 1 atom stereocenters. The number of amidine groups is 1. The molecule has 0 fully saturated rings. The van der Waals surface area contributed by atoms with Crippen molar-refractivity contribution in [1.82, 2.24) is 0 Å². The maximum Gasteiger partial charge on any atom is 0.287 e. The second kappa shape index (κ2) is 8.21. The van der Waals surface area contributed by atoms with Crippen molar-refractivity contribution >= 4 is 33.0 Å².